The highest BCUT2D eigenvalue weighted by Gasteiger charge is 2.52. The second kappa shape index (κ2) is 9.35. The van der Waals surface area contributed by atoms with Crippen LogP contribution < -0.4 is 4.74 Å². The number of carboxylic acid groups (broad SMARTS) is 1. The summed E-state index contributed by atoms with van der Waals surface area (Å²) in [6, 6.07) is 15.6. The zero-order valence-corrected chi connectivity index (χ0v) is 20.5. The fourth-order valence-corrected chi connectivity index (χ4v) is 6.57. The third kappa shape index (κ3) is 4.28. The van der Waals surface area contributed by atoms with Crippen LogP contribution in [0.5, 0.6) is 5.75 Å². The fraction of sp³-hybridized carbons (Fsp3) is 0.385. The van der Waals surface area contributed by atoms with Crippen molar-refractivity contribution in [2.24, 2.45) is 5.41 Å². The third-order valence-electron chi connectivity index (χ3n) is 7.06. The van der Waals surface area contributed by atoms with Gasteiger partial charge in [-0.2, -0.15) is 4.31 Å². The first-order chi connectivity index (χ1) is 16.2. The number of aryl methyl sites for hydroxylation is 1. The molecule has 2 aromatic carbocycles. The number of carbonyl (C=O) groups is 1. The summed E-state index contributed by atoms with van der Waals surface area (Å²) < 4.78 is 33.8. The predicted octanol–water partition coefficient (Wildman–Crippen LogP) is 4.78. The van der Waals surface area contributed by atoms with E-state index in [0.29, 0.717) is 38.0 Å². The molecule has 0 bridgehead atoms. The molecule has 8 heteroatoms. The van der Waals surface area contributed by atoms with Crippen molar-refractivity contribution < 1.29 is 23.1 Å². The number of ether oxygens (including phenoxy) is 1. The van der Waals surface area contributed by atoms with Gasteiger partial charge in [-0.05, 0) is 62.6 Å². The summed E-state index contributed by atoms with van der Waals surface area (Å²) >= 11 is 0. The van der Waals surface area contributed by atoms with Crippen LogP contribution in [0.3, 0.4) is 0 Å². The Morgan fingerprint density at radius 2 is 1.91 bits per heavy atom. The quantitative estimate of drug-likeness (QED) is 0.496. The van der Waals surface area contributed by atoms with Crippen LogP contribution in [0.15, 0.2) is 59.5 Å². The van der Waals surface area contributed by atoms with Crippen molar-refractivity contribution >= 4 is 26.9 Å². The minimum Gasteiger partial charge on any atom is -0.489 e. The van der Waals surface area contributed by atoms with Crippen molar-refractivity contribution in [1.29, 1.82) is 0 Å². The lowest BCUT2D eigenvalue weighted by Crippen LogP contribution is -2.49. The number of sulfonamides is 1. The molecule has 0 radical (unpaired) electrons. The number of pyridine rings is 1. The minimum atomic E-state index is -3.85. The second-order valence-electron chi connectivity index (χ2n) is 8.94. The van der Waals surface area contributed by atoms with Gasteiger partial charge >= 0.3 is 5.97 Å². The normalized spacial score (nSPS) is 20.6. The van der Waals surface area contributed by atoms with Crippen LogP contribution in [0.25, 0.3) is 10.9 Å². The van der Waals surface area contributed by atoms with Crippen LogP contribution in [0, 0.1) is 12.3 Å². The molecule has 1 aliphatic rings. The highest BCUT2D eigenvalue weighted by Crippen LogP contribution is 2.45. The number of hydrogen-bond acceptors (Lipinski definition) is 5. The zero-order chi connectivity index (χ0) is 24.5. The van der Waals surface area contributed by atoms with Crippen LogP contribution in [0.1, 0.15) is 43.9 Å². The Morgan fingerprint density at radius 1 is 1.21 bits per heavy atom. The number of carboxylic acids is 1. The van der Waals surface area contributed by atoms with Crippen LogP contribution in [0.2, 0.25) is 0 Å². The van der Waals surface area contributed by atoms with Gasteiger partial charge < -0.3 is 9.84 Å². The Labute approximate surface area is 200 Å². The molecule has 4 rings (SSSR count). The standard InChI is InChI=1S/C26H30N2O5S/c1-4-26(25(29)30)15-7-10-24(26)28(3)34(31,32)21-13-11-20(12-14-21)33-17-19-16-18(2)27-23-9-6-5-8-22(19)23/h5-6,8-9,11-14,16,24H,4,7,10,15,17H2,1-3H3,(H,29,30)/t24-,26+/m1/s1. The Kier molecular flexibility index (Phi) is 6.64. The van der Waals surface area contributed by atoms with E-state index >= 15 is 0 Å². The molecule has 34 heavy (non-hydrogen) atoms. The van der Waals surface area contributed by atoms with E-state index in [1.807, 2.05) is 44.2 Å². The Hall–Kier alpha value is -2.97. The first-order valence-corrected chi connectivity index (χ1v) is 12.9. The average Bonchev–Trinajstić information content (AvgIpc) is 3.27. The molecule has 1 aromatic heterocycles. The Bertz CT molecular complexity index is 1310. The second-order valence-corrected chi connectivity index (χ2v) is 10.9. The van der Waals surface area contributed by atoms with Crippen LogP contribution in [0.4, 0.5) is 0 Å². The molecule has 0 amide bonds. The fourth-order valence-electron chi connectivity index (χ4n) is 5.11. The van der Waals surface area contributed by atoms with E-state index in [1.165, 1.54) is 23.5 Å². The molecule has 0 saturated heterocycles. The summed E-state index contributed by atoms with van der Waals surface area (Å²) in [6.07, 6.45) is 2.11. The zero-order valence-electron chi connectivity index (χ0n) is 19.7. The molecule has 0 unspecified atom stereocenters. The van der Waals surface area contributed by atoms with E-state index < -0.39 is 27.4 Å². The van der Waals surface area contributed by atoms with Crippen molar-refractivity contribution in [2.45, 2.75) is 57.1 Å². The van der Waals surface area contributed by atoms with Gasteiger partial charge in [0.05, 0.1) is 15.8 Å². The van der Waals surface area contributed by atoms with Gasteiger partial charge in [-0.15, -0.1) is 0 Å². The Morgan fingerprint density at radius 3 is 2.59 bits per heavy atom. The van der Waals surface area contributed by atoms with Crippen molar-refractivity contribution in [3.05, 3.63) is 65.9 Å². The smallest absolute Gasteiger partial charge is 0.311 e. The molecule has 1 fully saturated rings. The SMILES string of the molecule is CC[C@]1(C(=O)O)CCC[C@H]1N(C)S(=O)(=O)c1ccc(OCc2cc(C)nc3ccccc23)cc1. The highest BCUT2D eigenvalue weighted by atomic mass is 32.2. The van der Waals surface area contributed by atoms with Crippen LogP contribution in [-0.2, 0) is 21.4 Å². The number of fused-ring (bicyclic) bond motifs is 1. The van der Waals surface area contributed by atoms with E-state index in [2.05, 4.69) is 4.98 Å². The first-order valence-electron chi connectivity index (χ1n) is 11.5. The minimum absolute atomic E-state index is 0.120. The molecular formula is C26H30N2O5S. The lowest BCUT2D eigenvalue weighted by atomic mass is 9.80. The lowest BCUT2D eigenvalue weighted by Gasteiger charge is -2.35. The number of aromatic nitrogens is 1. The molecule has 3 aromatic rings. The maximum Gasteiger partial charge on any atom is 0.311 e. The van der Waals surface area contributed by atoms with Crippen molar-refractivity contribution in [3.63, 3.8) is 0 Å². The van der Waals surface area contributed by atoms with Gasteiger partial charge in [0, 0.05) is 29.7 Å². The van der Waals surface area contributed by atoms with E-state index in [9.17, 15) is 18.3 Å². The predicted molar refractivity (Wildman–Crippen MR) is 130 cm³/mol. The molecule has 2 atom stereocenters. The van der Waals surface area contributed by atoms with Gasteiger partial charge in [-0.1, -0.05) is 31.5 Å². The molecule has 7 nitrogen and oxygen atoms in total. The largest absolute Gasteiger partial charge is 0.489 e. The molecule has 1 aliphatic carbocycles. The number of aliphatic carboxylic acids is 1. The number of rotatable bonds is 8. The van der Waals surface area contributed by atoms with Gasteiger partial charge in [0.1, 0.15) is 12.4 Å². The van der Waals surface area contributed by atoms with Gasteiger partial charge in [0.15, 0.2) is 0 Å². The van der Waals surface area contributed by atoms with Crippen molar-refractivity contribution in [3.8, 4) is 5.75 Å². The maximum atomic E-state index is 13.3. The van der Waals surface area contributed by atoms with Crippen molar-refractivity contribution in [2.75, 3.05) is 7.05 Å². The van der Waals surface area contributed by atoms with Gasteiger partial charge in [-0.25, -0.2) is 8.42 Å². The summed E-state index contributed by atoms with van der Waals surface area (Å²) in [5.74, 6) is -0.378. The summed E-state index contributed by atoms with van der Waals surface area (Å²) in [5, 5.41) is 10.9. The van der Waals surface area contributed by atoms with Gasteiger partial charge in [0.25, 0.3) is 0 Å². The van der Waals surface area contributed by atoms with Crippen LogP contribution >= 0.6 is 0 Å². The third-order valence-corrected chi connectivity index (χ3v) is 8.94. The lowest BCUT2D eigenvalue weighted by molar-refractivity contribution is -0.151. The van der Waals surface area contributed by atoms with E-state index in [-0.39, 0.29) is 4.90 Å². The molecule has 1 saturated carbocycles. The topological polar surface area (TPSA) is 96.8 Å². The number of hydrogen-bond donors (Lipinski definition) is 1. The van der Waals surface area contributed by atoms with E-state index in [4.69, 9.17) is 4.74 Å². The average molecular weight is 483 g/mol. The van der Waals surface area contributed by atoms with Crippen LogP contribution in [-0.4, -0.2) is 41.9 Å². The highest BCUT2D eigenvalue weighted by molar-refractivity contribution is 7.89. The molecule has 0 aliphatic heterocycles. The molecule has 0 spiro atoms. The molecule has 1 heterocycles. The number of para-hydroxylation sites is 1. The monoisotopic (exact) mass is 482 g/mol. The first kappa shape index (κ1) is 24.2. The molecule has 1 N–H and O–H groups in total. The molecule has 180 valence electrons. The molecular weight excluding hydrogens is 452 g/mol. The van der Waals surface area contributed by atoms with Gasteiger partial charge in [-0.3, -0.25) is 9.78 Å². The van der Waals surface area contributed by atoms with Crippen molar-refractivity contribution in [1.82, 2.24) is 9.29 Å². The summed E-state index contributed by atoms with van der Waals surface area (Å²) in [7, 11) is -2.36. The summed E-state index contributed by atoms with van der Waals surface area (Å²) in [6.45, 7) is 4.08. The Balaban J connectivity index is 1.52. The maximum absolute atomic E-state index is 13.3. The number of nitrogens with zero attached hydrogens (tertiary/aromatic N) is 2. The van der Waals surface area contributed by atoms with E-state index in [1.54, 1.807) is 12.1 Å². The van der Waals surface area contributed by atoms with Gasteiger partial charge in [0.2, 0.25) is 10.0 Å². The number of benzene rings is 2. The van der Waals surface area contributed by atoms with E-state index in [0.717, 1.165) is 22.2 Å². The summed E-state index contributed by atoms with van der Waals surface area (Å²) in [5.41, 5.74) is 1.77. The summed E-state index contributed by atoms with van der Waals surface area (Å²) in [4.78, 5) is 16.7.